The molecule has 5 rings (SSSR count). The molecule has 0 saturated carbocycles. The maximum atomic E-state index is 14.2. The summed E-state index contributed by atoms with van der Waals surface area (Å²) in [5, 5.41) is 9.07. The number of hydrogen-bond acceptors (Lipinski definition) is 8. The van der Waals surface area contributed by atoms with Gasteiger partial charge in [0.15, 0.2) is 0 Å². The lowest BCUT2D eigenvalue weighted by atomic mass is 9.99. The minimum atomic E-state index is -0.731. The Balaban J connectivity index is 1.39. The van der Waals surface area contributed by atoms with Gasteiger partial charge >= 0.3 is 0 Å². The molecule has 232 valence electrons. The summed E-state index contributed by atoms with van der Waals surface area (Å²) in [6.07, 6.45) is 2.30. The van der Waals surface area contributed by atoms with E-state index in [0.717, 1.165) is 28.8 Å². The smallest absolute Gasteiger partial charge is 0.250 e. The van der Waals surface area contributed by atoms with Gasteiger partial charge < -0.3 is 19.5 Å². The number of amides is 2. The summed E-state index contributed by atoms with van der Waals surface area (Å²) < 4.78 is 6.05. The zero-order valence-electron chi connectivity index (χ0n) is 25.6. The van der Waals surface area contributed by atoms with Crippen molar-refractivity contribution in [1.82, 2.24) is 25.1 Å². The van der Waals surface area contributed by atoms with Gasteiger partial charge in [-0.3, -0.25) is 14.9 Å². The number of hydrogen-bond donors (Lipinski definition) is 2. The molecule has 2 heterocycles. The fraction of sp³-hybridized carbons (Fsp3) is 0.353. The van der Waals surface area contributed by atoms with E-state index in [0.29, 0.717) is 39.6 Å². The van der Waals surface area contributed by atoms with Gasteiger partial charge in [-0.05, 0) is 28.7 Å². The summed E-state index contributed by atoms with van der Waals surface area (Å²) >= 11 is 0. The van der Waals surface area contributed by atoms with Crippen molar-refractivity contribution >= 4 is 23.6 Å². The number of nitrogens with zero attached hydrogens (tertiary/aromatic N) is 5. The van der Waals surface area contributed by atoms with E-state index in [2.05, 4.69) is 41.0 Å². The number of benzene rings is 3. The Kier molecular flexibility index (Phi) is 10.4. The first-order valence-electron chi connectivity index (χ1n) is 15.1. The molecular weight excluding hydrogens is 554 g/mol. The SMILES string of the molecule is C=Cc1cccc(CN2C[C@H]3N(C(=O)CN3N(CCC)COCNCc3ccccc3)[C@@H](c3ccccc3)C2=O)c1N(C)N. The second-order valence-corrected chi connectivity index (χ2v) is 11.2. The van der Waals surface area contributed by atoms with Gasteiger partial charge in [-0.1, -0.05) is 98.4 Å². The number of anilines is 1. The monoisotopic (exact) mass is 597 g/mol. The molecule has 10 heteroatoms. The number of piperazine rings is 1. The normalized spacial score (nSPS) is 18.6. The van der Waals surface area contributed by atoms with Crippen LogP contribution in [-0.4, -0.2) is 77.9 Å². The van der Waals surface area contributed by atoms with Gasteiger partial charge in [0, 0.05) is 26.7 Å². The lowest BCUT2D eigenvalue weighted by molar-refractivity contribution is -0.169. The Hall–Kier alpha value is -4.06. The maximum Gasteiger partial charge on any atom is 0.250 e. The van der Waals surface area contributed by atoms with E-state index >= 15 is 0 Å². The van der Waals surface area contributed by atoms with Crippen molar-refractivity contribution in [2.24, 2.45) is 5.84 Å². The molecule has 44 heavy (non-hydrogen) atoms. The Bertz CT molecular complexity index is 1420. The van der Waals surface area contributed by atoms with E-state index in [1.54, 1.807) is 23.0 Å². The van der Waals surface area contributed by atoms with Gasteiger partial charge in [0.25, 0.3) is 5.91 Å². The van der Waals surface area contributed by atoms with Crippen molar-refractivity contribution in [2.75, 3.05) is 45.2 Å². The molecular formula is C34H43N7O3. The van der Waals surface area contributed by atoms with Crippen LogP contribution in [0.1, 0.15) is 41.6 Å². The summed E-state index contributed by atoms with van der Waals surface area (Å²) in [6.45, 7) is 9.04. The first kappa shape index (κ1) is 31.4. The van der Waals surface area contributed by atoms with Crippen molar-refractivity contribution in [3.63, 3.8) is 0 Å². The summed E-state index contributed by atoms with van der Waals surface area (Å²) in [7, 11) is 1.78. The number of hydrazine groups is 2. The molecule has 2 amide bonds. The molecule has 0 aromatic heterocycles. The van der Waals surface area contributed by atoms with E-state index in [4.69, 9.17) is 10.6 Å². The molecule has 0 radical (unpaired) electrons. The maximum absolute atomic E-state index is 14.2. The number of carbonyl (C=O) groups excluding carboxylic acids is 2. The Labute approximate surface area is 260 Å². The highest BCUT2D eigenvalue weighted by atomic mass is 16.5. The molecule has 2 fully saturated rings. The van der Waals surface area contributed by atoms with Crippen LogP contribution in [0.15, 0.2) is 85.4 Å². The van der Waals surface area contributed by atoms with Gasteiger partial charge in [-0.2, -0.15) is 0 Å². The Morgan fingerprint density at radius 3 is 2.45 bits per heavy atom. The van der Waals surface area contributed by atoms with E-state index < -0.39 is 6.04 Å². The standard InChI is InChI=1S/C34H43N7O3/c1-4-19-39(25-44-24-36-20-26-13-8-6-9-14-26)40-23-31(42)41-30(40)22-38(34(43)33(41)28-15-10-7-11-16-28)21-29-18-12-17-27(5-2)32(29)37(3)35/h5-18,30,33,36H,2,4,19-25,35H2,1,3H3/t30-,33+/m1/s1. The van der Waals surface area contributed by atoms with Crippen LogP contribution in [0.4, 0.5) is 5.69 Å². The third kappa shape index (κ3) is 6.85. The van der Waals surface area contributed by atoms with Crippen LogP contribution >= 0.6 is 0 Å². The van der Waals surface area contributed by atoms with Crippen LogP contribution in [0.2, 0.25) is 0 Å². The highest BCUT2D eigenvalue weighted by Gasteiger charge is 2.52. The minimum absolute atomic E-state index is 0.0730. The number of fused-ring (bicyclic) bond motifs is 1. The van der Waals surface area contributed by atoms with Crippen molar-refractivity contribution in [3.8, 4) is 0 Å². The number of carbonyl (C=O) groups is 2. The Morgan fingerprint density at radius 1 is 1.05 bits per heavy atom. The predicted octanol–water partition coefficient (Wildman–Crippen LogP) is 3.54. The van der Waals surface area contributed by atoms with Crippen LogP contribution < -0.4 is 16.2 Å². The lowest BCUT2D eigenvalue weighted by Crippen LogP contribution is -2.61. The van der Waals surface area contributed by atoms with Crippen molar-refractivity contribution < 1.29 is 14.3 Å². The largest absolute Gasteiger partial charge is 0.350 e. The molecule has 3 aromatic carbocycles. The average molecular weight is 598 g/mol. The third-order valence-corrected chi connectivity index (χ3v) is 8.12. The second-order valence-electron chi connectivity index (χ2n) is 11.2. The number of rotatable bonds is 14. The van der Waals surface area contributed by atoms with Crippen LogP contribution in [0.25, 0.3) is 6.08 Å². The summed E-state index contributed by atoms with van der Waals surface area (Å²) in [5.74, 6) is 6.06. The van der Waals surface area contributed by atoms with Crippen LogP contribution in [0.5, 0.6) is 0 Å². The fourth-order valence-corrected chi connectivity index (χ4v) is 6.16. The zero-order chi connectivity index (χ0) is 31.1. The molecule has 0 bridgehead atoms. The summed E-state index contributed by atoms with van der Waals surface area (Å²) in [5.41, 5.74) is 4.60. The molecule has 2 atom stereocenters. The highest BCUT2D eigenvalue weighted by Crippen LogP contribution is 2.37. The number of nitrogens with one attached hydrogen (secondary N) is 1. The van der Waals surface area contributed by atoms with E-state index in [1.807, 2.05) is 71.6 Å². The van der Waals surface area contributed by atoms with Gasteiger partial charge in [0.1, 0.15) is 18.9 Å². The zero-order valence-corrected chi connectivity index (χ0v) is 25.6. The third-order valence-electron chi connectivity index (χ3n) is 8.12. The number of nitrogens with two attached hydrogens (primary N) is 1. The van der Waals surface area contributed by atoms with E-state index in [9.17, 15) is 9.59 Å². The van der Waals surface area contributed by atoms with Gasteiger partial charge in [0.05, 0.1) is 25.5 Å². The van der Waals surface area contributed by atoms with E-state index in [-0.39, 0.29) is 24.5 Å². The predicted molar refractivity (Wildman–Crippen MR) is 172 cm³/mol. The quantitative estimate of drug-likeness (QED) is 0.126. The van der Waals surface area contributed by atoms with Crippen molar-refractivity contribution in [2.45, 2.75) is 38.6 Å². The van der Waals surface area contributed by atoms with Gasteiger partial charge in [-0.25, -0.2) is 15.9 Å². The molecule has 2 aliphatic rings. The lowest BCUT2D eigenvalue weighted by Gasteiger charge is -2.46. The summed E-state index contributed by atoms with van der Waals surface area (Å²) in [6, 6.07) is 24.9. The van der Waals surface area contributed by atoms with E-state index in [1.165, 1.54) is 5.56 Å². The van der Waals surface area contributed by atoms with Crippen LogP contribution in [0, 0.1) is 0 Å². The molecule has 2 saturated heterocycles. The second kappa shape index (κ2) is 14.6. The van der Waals surface area contributed by atoms with Gasteiger partial charge in [0.2, 0.25) is 5.91 Å². The minimum Gasteiger partial charge on any atom is -0.350 e. The molecule has 3 aromatic rings. The first-order chi connectivity index (χ1) is 21.4. The number of para-hydroxylation sites is 1. The molecule has 10 nitrogen and oxygen atoms in total. The topological polar surface area (TPSA) is 97.6 Å². The van der Waals surface area contributed by atoms with Crippen LogP contribution in [-0.2, 0) is 27.4 Å². The molecule has 3 N–H and O–H groups in total. The average Bonchev–Trinajstić information content (AvgIpc) is 3.36. The Morgan fingerprint density at radius 2 is 1.77 bits per heavy atom. The molecule has 0 spiro atoms. The molecule has 2 aliphatic heterocycles. The van der Waals surface area contributed by atoms with Crippen molar-refractivity contribution in [1.29, 1.82) is 0 Å². The van der Waals surface area contributed by atoms with Crippen LogP contribution in [0.3, 0.4) is 0 Å². The number of ether oxygens (including phenoxy) is 1. The van der Waals surface area contributed by atoms with Crippen molar-refractivity contribution in [3.05, 3.63) is 108 Å². The first-order valence-corrected chi connectivity index (χ1v) is 15.1. The summed E-state index contributed by atoms with van der Waals surface area (Å²) in [4.78, 5) is 31.5. The molecule has 0 aliphatic carbocycles. The fourth-order valence-electron chi connectivity index (χ4n) is 6.16. The molecule has 0 unspecified atom stereocenters. The highest BCUT2D eigenvalue weighted by molar-refractivity contribution is 5.92. The van der Waals surface area contributed by atoms with Gasteiger partial charge in [-0.15, -0.1) is 0 Å².